The Morgan fingerprint density at radius 3 is 2.53 bits per heavy atom. The first-order valence-electron chi connectivity index (χ1n) is 4.79. The van der Waals surface area contributed by atoms with Crippen molar-refractivity contribution in [3.05, 3.63) is 48.3 Å². The van der Waals surface area contributed by atoms with Gasteiger partial charge in [-0.15, -0.1) is 0 Å². The number of nitrogens with zero attached hydrogens (tertiary/aromatic N) is 2. The van der Waals surface area contributed by atoms with Gasteiger partial charge >= 0.3 is 0 Å². The van der Waals surface area contributed by atoms with Gasteiger partial charge in [0.25, 0.3) is 0 Å². The van der Waals surface area contributed by atoms with E-state index in [2.05, 4.69) is 45.0 Å². The van der Waals surface area contributed by atoms with Gasteiger partial charge < -0.3 is 0 Å². The van der Waals surface area contributed by atoms with Gasteiger partial charge in [-0.3, -0.25) is 0 Å². The number of alkyl halides is 1. The van der Waals surface area contributed by atoms with E-state index in [0.29, 0.717) is 4.83 Å². The Bertz CT molecular complexity index is 440. The SMILES string of the molecule is CC(Br)c1cccc(-c2ncccn2)c1. The monoisotopic (exact) mass is 262 g/mol. The predicted octanol–water partition coefficient (Wildman–Crippen LogP) is 3.60. The molecule has 1 unspecified atom stereocenters. The maximum Gasteiger partial charge on any atom is 0.159 e. The number of aromatic nitrogens is 2. The highest BCUT2D eigenvalue weighted by molar-refractivity contribution is 9.09. The molecule has 1 aromatic heterocycles. The fraction of sp³-hybridized carbons (Fsp3) is 0.167. The van der Waals surface area contributed by atoms with E-state index >= 15 is 0 Å². The third-order valence-corrected chi connectivity index (χ3v) is 2.70. The fourth-order valence-corrected chi connectivity index (χ4v) is 1.66. The zero-order valence-electron chi connectivity index (χ0n) is 8.39. The quantitative estimate of drug-likeness (QED) is 0.773. The highest BCUT2D eigenvalue weighted by atomic mass is 79.9. The summed E-state index contributed by atoms with van der Waals surface area (Å²) in [6.45, 7) is 2.10. The standard InChI is InChI=1S/C12H11BrN2/c1-9(13)10-4-2-5-11(8-10)12-14-6-3-7-15-12/h2-9H,1H3. The van der Waals surface area contributed by atoms with E-state index in [-0.39, 0.29) is 0 Å². The first kappa shape index (κ1) is 10.3. The molecule has 1 atom stereocenters. The Balaban J connectivity index is 2.42. The summed E-state index contributed by atoms with van der Waals surface area (Å²) >= 11 is 3.55. The molecular weight excluding hydrogens is 252 g/mol. The van der Waals surface area contributed by atoms with Gasteiger partial charge in [-0.1, -0.05) is 34.1 Å². The molecule has 15 heavy (non-hydrogen) atoms. The summed E-state index contributed by atoms with van der Waals surface area (Å²) in [5, 5.41) is 0. The highest BCUT2D eigenvalue weighted by Crippen LogP contribution is 2.25. The fourth-order valence-electron chi connectivity index (χ4n) is 1.37. The van der Waals surface area contributed by atoms with E-state index in [1.54, 1.807) is 12.4 Å². The molecule has 0 aliphatic carbocycles. The van der Waals surface area contributed by atoms with Crippen molar-refractivity contribution in [2.75, 3.05) is 0 Å². The Morgan fingerprint density at radius 1 is 1.13 bits per heavy atom. The molecule has 0 bridgehead atoms. The van der Waals surface area contributed by atoms with Crippen LogP contribution in [-0.4, -0.2) is 9.97 Å². The normalized spacial score (nSPS) is 12.4. The van der Waals surface area contributed by atoms with E-state index in [1.165, 1.54) is 5.56 Å². The number of rotatable bonds is 2. The lowest BCUT2D eigenvalue weighted by Crippen LogP contribution is -1.89. The van der Waals surface area contributed by atoms with E-state index < -0.39 is 0 Å². The Morgan fingerprint density at radius 2 is 1.87 bits per heavy atom. The zero-order chi connectivity index (χ0) is 10.7. The maximum atomic E-state index is 4.22. The van der Waals surface area contributed by atoms with Crippen molar-refractivity contribution in [3.8, 4) is 11.4 Å². The molecule has 0 fully saturated rings. The summed E-state index contributed by atoms with van der Waals surface area (Å²) < 4.78 is 0. The van der Waals surface area contributed by atoms with Crippen LogP contribution in [0.2, 0.25) is 0 Å². The Kier molecular flexibility index (Phi) is 3.11. The van der Waals surface area contributed by atoms with Crippen molar-refractivity contribution >= 4 is 15.9 Å². The number of benzene rings is 1. The second kappa shape index (κ2) is 4.53. The molecule has 76 valence electrons. The second-order valence-electron chi connectivity index (χ2n) is 3.31. The molecule has 0 radical (unpaired) electrons. The first-order chi connectivity index (χ1) is 7.27. The van der Waals surface area contributed by atoms with Gasteiger partial charge in [-0.25, -0.2) is 9.97 Å². The molecule has 0 saturated heterocycles. The average molecular weight is 263 g/mol. The van der Waals surface area contributed by atoms with Gasteiger partial charge in [0, 0.05) is 22.8 Å². The molecule has 0 N–H and O–H groups in total. The predicted molar refractivity (Wildman–Crippen MR) is 64.8 cm³/mol. The molecule has 0 aliphatic heterocycles. The number of hydrogen-bond acceptors (Lipinski definition) is 2. The minimum atomic E-state index is 0.348. The molecule has 0 saturated carbocycles. The molecule has 1 heterocycles. The molecular formula is C12H11BrN2. The van der Waals surface area contributed by atoms with Crippen LogP contribution in [0.15, 0.2) is 42.7 Å². The smallest absolute Gasteiger partial charge is 0.159 e. The van der Waals surface area contributed by atoms with E-state index in [1.807, 2.05) is 18.2 Å². The molecule has 0 spiro atoms. The highest BCUT2D eigenvalue weighted by Gasteiger charge is 2.04. The van der Waals surface area contributed by atoms with Crippen molar-refractivity contribution < 1.29 is 0 Å². The van der Waals surface area contributed by atoms with E-state index in [9.17, 15) is 0 Å². The largest absolute Gasteiger partial charge is 0.237 e. The average Bonchev–Trinajstić information content (AvgIpc) is 2.30. The summed E-state index contributed by atoms with van der Waals surface area (Å²) in [6, 6.07) is 10.1. The van der Waals surface area contributed by atoms with Crippen molar-refractivity contribution in [1.82, 2.24) is 9.97 Å². The van der Waals surface area contributed by atoms with Crippen LogP contribution in [0.5, 0.6) is 0 Å². The number of hydrogen-bond donors (Lipinski definition) is 0. The van der Waals surface area contributed by atoms with E-state index in [4.69, 9.17) is 0 Å². The van der Waals surface area contributed by atoms with Crippen LogP contribution in [0.25, 0.3) is 11.4 Å². The summed E-state index contributed by atoms with van der Waals surface area (Å²) in [7, 11) is 0. The summed E-state index contributed by atoms with van der Waals surface area (Å²) in [5.74, 6) is 0.771. The Hall–Kier alpha value is -1.22. The molecule has 2 rings (SSSR count). The third kappa shape index (κ3) is 2.42. The van der Waals surface area contributed by atoms with Crippen LogP contribution in [-0.2, 0) is 0 Å². The van der Waals surface area contributed by atoms with Crippen molar-refractivity contribution in [1.29, 1.82) is 0 Å². The van der Waals surface area contributed by atoms with Crippen LogP contribution >= 0.6 is 15.9 Å². The minimum Gasteiger partial charge on any atom is -0.237 e. The molecule has 1 aromatic carbocycles. The second-order valence-corrected chi connectivity index (χ2v) is 4.69. The maximum absolute atomic E-state index is 4.22. The van der Waals surface area contributed by atoms with Gasteiger partial charge in [0.05, 0.1) is 0 Å². The molecule has 0 amide bonds. The topological polar surface area (TPSA) is 25.8 Å². The van der Waals surface area contributed by atoms with Gasteiger partial charge in [-0.05, 0) is 24.6 Å². The molecule has 2 aromatic rings. The molecule has 0 aliphatic rings. The summed E-state index contributed by atoms with van der Waals surface area (Å²) in [5.41, 5.74) is 2.29. The lowest BCUT2D eigenvalue weighted by Gasteiger charge is -2.05. The van der Waals surface area contributed by atoms with Crippen LogP contribution in [0.4, 0.5) is 0 Å². The lowest BCUT2D eigenvalue weighted by molar-refractivity contribution is 1.11. The Labute approximate surface area is 97.5 Å². The van der Waals surface area contributed by atoms with Gasteiger partial charge in [0.1, 0.15) is 0 Å². The van der Waals surface area contributed by atoms with Gasteiger partial charge in [0.2, 0.25) is 0 Å². The van der Waals surface area contributed by atoms with Crippen molar-refractivity contribution in [2.45, 2.75) is 11.8 Å². The van der Waals surface area contributed by atoms with Crippen LogP contribution < -0.4 is 0 Å². The van der Waals surface area contributed by atoms with Crippen molar-refractivity contribution in [3.63, 3.8) is 0 Å². The molecule has 3 heteroatoms. The first-order valence-corrected chi connectivity index (χ1v) is 5.70. The molecule has 2 nitrogen and oxygen atoms in total. The minimum absolute atomic E-state index is 0.348. The summed E-state index contributed by atoms with van der Waals surface area (Å²) in [6.07, 6.45) is 3.51. The van der Waals surface area contributed by atoms with E-state index in [0.717, 1.165) is 11.4 Å². The summed E-state index contributed by atoms with van der Waals surface area (Å²) in [4.78, 5) is 8.79. The van der Waals surface area contributed by atoms with Crippen LogP contribution in [0, 0.1) is 0 Å². The third-order valence-electron chi connectivity index (χ3n) is 2.17. The van der Waals surface area contributed by atoms with Gasteiger partial charge in [-0.2, -0.15) is 0 Å². The van der Waals surface area contributed by atoms with Crippen LogP contribution in [0.3, 0.4) is 0 Å². The number of halogens is 1. The lowest BCUT2D eigenvalue weighted by atomic mass is 10.1. The van der Waals surface area contributed by atoms with Crippen LogP contribution in [0.1, 0.15) is 17.3 Å². The zero-order valence-corrected chi connectivity index (χ0v) is 9.98. The van der Waals surface area contributed by atoms with Crippen molar-refractivity contribution in [2.24, 2.45) is 0 Å². The van der Waals surface area contributed by atoms with Gasteiger partial charge in [0.15, 0.2) is 5.82 Å².